The summed E-state index contributed by atoms with van der Waals surface area (Å²) in [6, 6.07) is 4.40. The number of hydrogen-bond acceptors (Lipinski definition) is 2. The van der Waals surface area contributed by atoms with Gasteiger partial charge >= 0.3 is 12.1 Å². The van der Waals surface area contributed by atoms with Crippen molar-refractivity contribution in [2.24, 2.45) is 39.4 Å². The number of carbonyl (C=O) groups is 1. The van der Waals surface area contributed by atoms with Crippen LogP contribution in [-0.4, -0.2) is 12.1 Å². The maximum Gasteiger partial charge on any atom is 0.416 e. The van der Waals surface area contributed by atoms with E-state index in [1.165, 1.54) is 56.2 Å². The van der Waals surface area contributed by atoms with E-state index in [4.69, 9.17) is 4.74 Å². The van der Waals surface area contributed by atoms with Gasteiger partial charge in [0.05, 0.1) is 11.1 Å². The molecule has 5 rings (SSSR count). The van der Waals surface area contributed by atoms with Crippen molar-refractivity contribution in [1.29, 1.82) is 0 Å². The Labute approximate surface area is 257 Å². The van der Waals surface area contributed by atoms with Gasteiger partial charge in [0.15, 0.2) is 0 Å². The minimum atomic E-state index is -4.43. The Morgan fingerprint density at radius 2 is 1.63 bits per heavy atom. The van der Waals surface area contributed by atoms with Crippen LogP contribution in [-0.2, 0) is 10.9 Å². The quantitative estimate of drug-likeness (QED) is 0.240. The molecule has 1 aromatic rings. The first-order valence-corrected chi connectivity index (χ1v) is 16.7. The summed E-state index contributed by atoms with van der Waals surface area (Å²) in [5, 5.41) is 0. The summed E-state index contributed by atoms with van der Waals surface area (Å²) in [5.41, 5.74) is 4.75. The Morgan fingerprint density at radius 1 is 0.953 bits per heavy atom. The molecule has 0 saturated heterocycles. The summed E-state index contributed by atoms with van der Waals surface area (Å²) < 4.78 is 45.2. The molecule has 0 heterocycles. The molecule has 2 unspecified atom stereocenters. The highest BCUT2D eigenvalue weighted by Crippen LogP contribution is 2.72. The Kier molecular flexibility index (Phi) is 8.34. The van der Waals surface area contributed by atoms with Crippen molar-refractivity contribution in [3.63, 3.8) is 0 Å². The van der Waals surface area contributed by atoms with Crippen LogP contribution in [0, 0.1) is 39.4 Å². The fourth-order valence-electron chi connectivity index (χ4n) is 10.7. The van der Waals surface area contributed by atoms with E-state index in [0.29, 0.717) is 11.3 Å². The Balaban J connectivity index is 1.35. The molecule has 4 aliphatic rings. The second-order valence-electron chi connectivity index (χ2n) is 16.0. The van der Waals surface area contributed by atoms with Crippen LogP contribution in [0.5, 0.6) is 0 Å². The first kappa shape index (κ1) is 32.4. The fraction of sp³-hybridized carbons (Fsp3) is 0.711. The number of fused-ring (bicyclic) bond motifs is 4. The van der Waals surface area contributed by atoms with E-state index < -0.39 is 17.7 Å². The smallest absolute Gasteiger partial charge is 0.416 e. The van der Waals surface area contributed by atoms with Crippen LogP contribution in [0.25, 0.3) is 0 Å². The van der Waals surface area contributed by atoms with Crippen molar-refractivity contribution in [3.05, 3.63) is 58.2 Å². The molecule has 0 bridgehead atoms. The molecule has 2 saturated carbocycles. The highest BCUT2D eigenvalue weighted by molar-refractivity contribution is 5.89. The monoisotopic (exact) mass is 598 g/mol. The zero-order valence-electron chi connectivity index (χ0n) is 27.7. The minimum Gasteiger partial charge on any atom is -0.458 e. The summed E-state index contributed by atoms with van der Waals surface area (Å²) >= 11 is 0. The standard InChI is InChI=1S/C38H53F3O2/c1-24(2)10-9-11-25(3)28-18-22-37(8)30-16-17-31-34(4,5)32(20-21-35(31,6)29(30)19-23-36(28,37)7)43-33(42)26-12-14-27(15-13-26)38(39,40)41/h10,12-15,25,28,31-32H,9,11,16-23H2,1-8H3/t25-,28-,31?,32?,35-,36-,37+/m1/s1. The number of ether oxygens (including phenoxy) is 1. The maximum absolute atomic E-state index is 13.1. The third kappa shape index (κ3) is 5.33. The zero-order chi connectivity index (χ0) is 31.6. The SMILES string of the molecule is CC(C)=CCC[C@@H](C)[C@H]1CC[C@@]2(C)C3=C(CC[C@]12C)[C@@]1(C)CCC(OC(=O)c2ccc(C(F)(F)F)cc2)C(C)(C)C1CC3. The number of hydrogen-bond donors (Lipinski definition) is 0. The van der Waals surface area contributed by atoms with Crippen molar-refractivity contribution >= 4 is 5.97 Å². The largest absolute Gasteiger partial charge is 0.458 e. The molecule has 0 amide bonds. The van der Waals surface area contributed by atoms with E-state index >= 15 is 0 Å². The summed E-state index contributed by atoms with van der Waals surface area (Å²) in [4.78, 5) is 13.1. The second-order valence-corrected chi connectivity index (χ2v) is 16.0. The molecular formula is C38H53F3O2. The summed E-state index contributed by atoms with van der Waals surface area (Å²) in [6.07, 6.45) is 9.21. The fourth-order valence-corrected chi connectivity index (χ4v) is 10.7. The van der Waals surface area contributed by atoms with Gasteiger partial charge in [0, 0.05) is 5.41 Å². The number of carbonyl (C=O) groups excluding carboxylic acids is 1. The topological polar surface area (TPSA) is 26.3 Å². The number of rotatable bonds is 6. The van der Waals surface area contributed by atoms with Crippen LogP contribution in [0.15, 0.2) is 47.1 Å². The van der Waals surface area contributed by atoms with Gasteiger partial charge in [0.25, 0.3) is 0 Å². The van der Waals surface area contributed by atoms with E-state index in [2.05, 4.69) is 61.5 Å². The molecule has 2 nitrogen and oxygen atoms in total. The molecule has 0 radical (unpaired) electrons. The van der Waals surface area contributed by atoms with Crippen LogP contribution in [0.1, 0.15) is 136 Å². The lowest BCUT2D eigenvalue weighted by molar-refractivity contribution is -0.137. The van der Waals surface area contributed by atoms with Gasteiger partial charge in [-0.3, -0.25) is 0 Å². The van der Waals surface area contributed by atoms with Gasteiger partial charge in [-0.2, -0.15) is 13.2 Å². The third-order valence-electron chi connectivity index (χ3n) is 13.3. The van der Waals surface area contributed by atoms with Gasteiger partial charge in [-0.25, -0.2) is 4.79 Å². The van der Waals surface area contributed by atoms with Crippen LogP contribution in [0.2, 0.25) is 0 Å². The number of allylic oxidation sites excluding steroid dienone is 4. The lowest BCUT2D eigenvalue weighted by Gasteiger charge is -2.62. The molecule has 5 heteroatoms. The lowest BCUT2D eigenvalue weighted by atomic mass is 9.43. The average Bonchev–Trinajstić information content (AvgIpc) is 3.21. The van der Waals surface area contributed by atoms with E-state index in [9.17, 15) is 18.0 Å². The Morgan fingerprint density at radius 3 is 2.26 bits per heavy atom. The summed E-state index contributed by atoms with van der Waals surface area (Å²) in [5.74, 6) is 1.36. The molecule has 4 aliphatic carbocycles. The molecule has 0 N–H and O–H groups in total. The Hall–Kier alpha value is -2.04. The predicted octanol–water partition coefficient (Wildman–Crippen LogP) is 11.4. The van der Waals surface area contributed by atoms with Crippen LogP contribution >= 0.6 is 0 Å². The lowest BCUT2D eigenvalue weighted by Crippen LogP contribution is -2.55. The van der Waals surface area contributed by atoms with Crippen LogP contribution in [0.4, 0.5) is 13.2 Å². The minimum absolute atomic E-state index is 0.0891. The van der Waals surface area contributed by atoms with Gasteiger partial charge in [0.1, 0.15) is 6.10 Å². The highest BCUT2D eigenvalue weighted by atomic mass is 19.4. The molecule has 238 valence electrons. The molecule has 43 heavy (non-hydrogen) atoms. The predicted molar refractivity (Wildman–Crippen MR) is 168 cm³/mol. The molecule has 1 aromatic carbocycles. The molecule has 0 aromatic heterocycles. The third-order valence-corrected chi connectivity index (χ3v) is 13.3. The Bertz CT molecular complexity index is 1280. The van der Waals surface area contributed by atoms with Gasteiger partial charge < -0.3 is 4.74 Å². The molecular weight excluding hydrogens is 545 g/mol. The summed E-state index contributed by atoms with van der Waals surface area (Å²) in [6.45, 7) is 19.1. The zero-order valence-corrected chi connectivity index (χ0v) is 27.7. The number of benzene rings is 1. The first-order chi connectivity index (χ1) is 19.9. The summed E-state index contributed by atoms with van der Waals surface area (Å²) in [7, 11) is 0. The van der Waals surface area contributed by atoms with Gasteiger partial charge in [-0.15, -0.1) is 0 Å². The molecule has 0 spiro atoms. The van der Waals surface area contributed by atoms with E-state index in [0.717, 1.165) is 49.7 Å². The van der Waals surface area contributed by atoms with E-state index in [1.54, 1.807) is 11.1 Å². The molecule has 2 fully saturated rings. The van der Waals surface area contributed by atoms with Crippen molar-refractivity contribution < 1.29 is 22.7 Å². The van der Waals surface area contributed by atoms with Crippen LogP contribution in [0.3, 0.4) is 0 Å². The van der Waals surface area contributed by atoms with Crippen molar-refractivity contribution in [3.8, 4) is 0 Å². The van der Waals surface area contributed by atoms with Gasteiger partial charge in [-0.05, 0) is 136 Å². The van der Waals surface area contributed by atoms with Gasteiger partial charge in [-0.1, -0.05) is 64.3 Å². The average molecular weight is 599 g/mol. The normalized spacial score (nSPS) is 35.8. The van der Waals surface area contributed by atoms with Gasteiger partial charge in [0.2, 0.25) is 0 Å². The van der Waals surface area contributed by atoms with Crippen molar-refractivity contribution in [2.75, 3.05) is 0 Å². The number of esters is 1. The number of halogens is 3. The van der Waals surface area contributed by atoms with E-state index in [1.807, 2.05) is 0 Å². The number of alkyl halides is 3. The van der Waals surface area contributed by atoms with E-state index in [-0.39, 0.29) is 27.9 Å². The van der Waals surface area contributed by atoms with Crippen molar-refractivity contribution in [1.82, 2.24) is 0 Å². The first-order valence-electron chi connectivity index (χ1n) is 16.7. The highest BCUT2D eigenvalue weighted by Gasteiger charge is 2.63. The van der Waals surface area contributed by atoms with Crippen LogP contribution < -0.4 is 0 Å². The second kappa shape index (κ2) is 11.1. The molecule has 7 atom stereocenters. The molecule has 0 aliphatic heterocycles. The maximum atomic E-state index is 13.1. The van der Waals surface area contributed by atoms with Crippen molar-refractivity contribution in [2.45, 2.75) is 132 Å².